The molecule has 1 N–H and O–H groups in total. The van der Waals surface area contributed by atoms with E-state index in [1.165, 1.54) is 11.3 Å². The molecule has 0 amide bonds. The third kappa shape index (κ3) is 2.73. The van der Waals surface area contributed by atoms with E-state index in [1.807, 2.05) is 6.07 Å². The fraction of sp³-hybridized carbons (Fsp3) is 0.294. The number of hydrogen-bond acceptors (Lipinski definition) is 1. The molecule has 2 aromatic rings. The Hall–Kier alpha value is -1.76. The van der Waals surface area contributed by atoms with Crippen LogP contribution in [0.25, 0.3) is 0 Å². The summed E-state index contributed by atoms with van der Waals surface area (Å²) in [5.41, 5.74) is 3.90. The van der Waals surface area contributed by atoms with E-state index < -0.39 is 0 Å². The Morgan fingerprint density at radius 3 is 2.17 bits per heavy atom. The molecule has 0 aliphatic rings. The number of rotatable bonds is 4. The van der Waals surface area contributed by atoms with E-state index in [0.717, 1.165) is 12.1 Å². The van der Waals surface area contributed by atoms with Gasteiger partial charge < -0.3 is 5.32 Å². The summed E-state index contributed by atoms with van der Waals surface area (Å²) in [5, 5.41) is 3.51. The van der Waals surface area contributed by atoms with Crippen LogP contribution in [0.4, 0.5) is 11.4 Å². The quantitative estimate of drug-likeness (QED) is 0.781. The van der Waals surface area contributed by atoms with Crippen LogP contribution in [0.3, 0.4) is 0 Å². The fourth-order valence-electron chi connectivity index (χ4n) is 2.05. The van der Waals surface area contributed by atoms with Gasteiger partial charge in [0, 0.05) is 11.4 Å². The zero-order chi connectivity index (χ0) is 13.0. The maximum atomic E-state index is 3.51. The summed E-state index contributed by atoms with van der Waals surface area (Å²) in [6, 6.07) is 18.9. The van der Waals surface area contributed by atoms with Gasteiger partial charge in [0.05, 0.1) is 0 Å². The second-order valence-electron chi connectivity index (χ2n) is 5.27. The Morgan fingerprint density at radius 2 is 1.50 bits per heavy atom. The van der Waals surface area contributed by atoms with Crippen LogP contribution in [0.1, 0.15) is 32.8 Å². The first kappa shape index (κ1) is 12.7. The van der Waals surface area contributed by atoms with E-state index >= 15 is 0 Å². The molecule has 0 radical (unpaired) electrons. The van der Waals surface area contributed by atoms with Crippen molar-refractivity contribution in [2.75, 3.05) is 5.32 Å². The lowest BCUT2D eigenvalue weighted by atomic mass is 9.81. The van der Waals surface area contributed by atoms with Crippen LogP contribution < -0.4 is 5.32 Å². The predicted octanol–water partition coefficient (Wildman–Crippen LogP) is 5.12. The summed E-state index contributed by atoms with van der Waals surface area (Å²) >= 11 is 0. The molecular weight excluding hydrogens is 218 g/mol. The van der Waals surface area contributed by atoms with Gasteiger partial charge in [-0.2, -0.15) is 0 Å². The molecule has 0 saturated heterocycles. The van der Waals surface area contributed by atoms with Crippen LogP contribution in [0, 0.1) is 0 Å². The number of nitrogens with one attached hydrogen (secondary N) is 1. The monoisotopic (exact) mass is 239 g/mol. The molecule has 1 heteroatoms. The molecule has 0 fully saturated rings. The average Bonchev–Trinajstić information content (AvgIpc) is 2.40. The lowest BCUT2D eigenvalue weighted by Crippen LogP contribution is -2.17. The average molecular weight is 239 g/mol. The van der Waals surface area contributed by atoms with Crippen LogP contribution in [0.15, 0.2) is 54.6 Å². The number of hydrogen-bond donors (Lipinski definition) is 1. The van der Waals surface area contributed by atoms with Crippen LogP contribution >= 0.6 is 0 Å². The van der Waals surface area contributed by atoms with Gasteiger partial charge in [-0.05, 0) is 35.6 Å². The molecule has 0 aliphatic heterocycles. The van der Waals surface area contributed by atoms with Crippen LogP contribution in [0.2, 0.25) is 0 Å². The van der Waals surface area contributed by atoms with E-state index in [1.54, 1.807) is 0 Å². The SMILES string of the molecule is CCC(C)(C)c1ccccc1Nc1ccccc1. The highest BCUT2D eigenvalue weighted by Crippen LogP contribution is 2.33. The normalized spacial score (nSPS) is 11.3. The Bertz CT molecular complexity index is 500. The summed E-state index contributed by atoms with van der Waals surface area (Å²) < 4.78 is 0. The number of benzene rings is 2. The summed E-state index contributed by atoms with van der Waals surface area (Å²) in [4.78, 5) is 0. The van der Waals surface area contributed by atoms with Gasteiger partial charge in [-0.3, -0.25) is 0 Å². The number of para-hydroxylation sites is 2. The van der Waals surface area contributed by atoms with Crippen LogP contribution in [-0.4, -0.2) is 0 Å². The van der Waals surface area contributed by atoms with Crippen molar-refractivity contribution in [1.82, 2.24) is 0 Å². The highest BCUT2D eigenvalue weighted by Gasteiger charge is 2.21. The van der Waals surface area contributed by atoms with Gasteiger partial charge in [0.15, 0.2) is 0 Å². The van der Waals surface area contributed by atoms with Gasteiger partial charge in [-0.15, -0.1) is 0 Å². The van der Waals surface area contributed by atoms with E-state index in [2.05, 4.69) is 74.6 Å². The third-order valence-corrected chi connectivity index (χ3v) is 3.59. The summed E-state index contributed by atoms with van der Waals surface area (Å²) in [7, 11) is 0. The standard InChI is InChI=1S/C17H21N/c1-4-17(2,3)15-12-8-9-13-16(15)18-14-10-6-5-7-11-14/h5-13,18H,4H2,1-3H3. The van der Waals surface area contributed by atoms with Crippen molar-refractivity contribution in [2.45, 2.75) is 32.6 Å². The van der Waals surface area contributed by atoms with Crippen molar-refractivity contribution in [3.05, 3.63) is 60.2 Å². The second-order valence-corrected chi connectivity index (χ2v) is 5.27. The second kappa shape index (κ2) is 5.26. The van der Waals surface area contributed by atoms with Crippen LogP contribution in [-0.2, 0) is 5.41 Å². The molecular formula is C17H21N. The van der Waals surface area contributed by atoms with E-state index in [9.17, 15) is 0 Å². The lowest BCUT2D eigenvalue weighted by molar-refractivity contribution is 0.508. The zero-order valence-corrected chi connectivity index (χ0v) is 11.4. The van der Waals surface area contributed by atoms with Crippen molar-refractivity contribution in [1.29, 1.82) is 0 Å². The van der Waals surface area contributed by atoms with E-state index in [0.29, 0.717) is 0 Å². The maximum absolute atomic E-state index is 3.51. The summed E-state index contributed by atoms with van der Waals surface area (Å²) in [6.45, 7) is 6.82. The van der Waals surface area contributed by atoms with Gasteiger partial charge >= 0.3 is 0 Å². The lowest BCUT2D eigenvalue weighted by Gasteiger charge is -2.26. The predicted molar refractivity (Wildman–Crippen MR) is 79.5 cm³/mol. The summed E-state index contributed by atoms with van der Waals surface area (Å²) in [6.07, 6.45) is 1.13. The minimum absolute atomic E-state index is 0.193. The Labute approximate surface area is 110 Å². The molecule has 0 aromatic heterocycles. The van der Waals surface area contributed by atoms with E-state index in [4.69, 9.17) is 0 Å². The van der Waals surface area contributed by atoms with Crippen molar-refractivity contribution in [3.63, 3.8) is 0 Å². The molecule has 0 atom stereocenters. The Morgan fingerprint density at radius 1 is 0.889 bits per heavy atom. The molecule has 0 heterocycles. The first-order valence-corrected chi connectivity index (χ1v) is 6.55. The van der Waals surface area contributed by atoms with Gasteiger partial charge in [0.1, 0.15) is 0 Å². The smallest absolute Gasteiger partial charge is 0.0422 e. The largest absolute Gasteiger partial charge is 0.355 e. The van der Waals surface area contributed by atoms with Gasteiger partial charge in [-0.25, -0.2) is 0 Å². The van der Waals surface area contributed by atoms with Crippen LogP contribution in [0.5, 0.6) is 0 Å². The fourth-order valence-corrected chi connectivity index (χ4v) is 2.05. The first-order chi connectivity index (χ1) is 8.63. The molecule has 0 spiro atoms. The van der Waals surface area contributed by atoms with Crippen molar-refractivity contribution in [2.24, 2.45) is 0 Å². The van der Waals surface area contributed by atoms with Crippen molar-refractivity contribution >= 4 is 11.4 Å². The minimum atomic E-state index is 0.193. The molecule has 0 unspecified atom stereocenters. The Balaban J connectivity index is 2.34. The van der Waals surface area contributed by atoms with E-state index in [-0.39, 0.29) is 5.41 Å². The molecule has 1 nitrogen and oxygen atoms in total. The maximum Gasteiger partial charge on any atom is 0.0422 e. The topological polar surface area (TPSA) is 12.0 Å². The van der Waals surface area contributed by atoms with Gasteiger partial charge in [-0.1, -0.05) is 57.2 Å². The van der Waals surface area contributed by atoms with Gasteiger partial charge in [0.2, 0.25) is 0 Å². The number of anilines is 2. The third-order valence-electron chi connectivity index (χ3n) is 3.59. The molecule has 0 saturated carbocycles. The van der Waals surface area contributed by atoms with Crippen molar-refractivity contribution < 1.29 is 0 Å². The van der Waals surface area contributed by atoms with Gasteiger partial charge in [0.25, 0.3) is 0 Å². The molecule has 0 aliphatic carbocycles. The molecule has 0 bridgehead atoms. The Kier molecular flexibility index (Phi) is 3.71. The zero-order valence-electron chi connectivity index (χ0n) is 11.4. The highest BCUT2D eigenvalue weighted by molar-refractivity contribution is 5.64. The highest BCUT2D eigenvalue weighted by atomic mass is 14.9. The molecule has 2 rings (SSSR count). The molecule has 2 aromatic carbocycles. The molecule has 18 heavy (non-hydrogen) atoms. The van der Waals surface area contributed by atoms with Crippen molar-refractivity contribution in [3.8, 4) is 0 Å². The molecule has 94 valence electrons. The first-order valence-electron chi connectivity index (χ1n) is 6.55. The summed E-state index contributed by atoms with van der Waals surface area (Å²) in [5.74, 6) is 0. The minimum Gasteiger partial charge on any atom is -0.355 e.